The van der Waals surface area contributed by atoms with Crippen molar-refractivity contribution in [2.24, 2.45) is 0 Å². The molecule has 0 aliphatic carbocycles. The van der Waals surface area contributed by atoms with Crippen LogP contribution in [0.2, 0.25) is 5.15 Å². The average Bonchev–Trinajstić information content (AvgIpc) is 2.66. The summed E-state index contributed by atoms with van der Waals surface area (Å²) in [5.41, 5.74) is 2.63. The van der Waals surface area contributed by atoms with Gasteiger partial charge >= 0.3 is 0 Å². The van der Waals surface area contributed by atoms with Gasteiger partial charge in [-0.25, -0.2) is 9.67 Å². The standard InChI is InChI=1S/C13H16ClN3O/c1-3-4-11-10(8-18)13(14)17(16-11)12-7-9(2)5-6-15-12/h5-7,18H,3-4,8H2,1-2H3. The van der Waals surface area contributed by atoms with Crippen molar-refractivity contribution >= 4 is 11.6 Å². The molecule has 0 atom stereocenters. The average molecular weight is 266 g/mol. The summed E-state index contributed by atoms with van der Waals surface area (Å²) in [4.78, 5) is 4.25. The van der Waals surface area contributed by atoms with Crippen LogP contribution in [0.25, 0.3) is 5.82 Å². The summed E-state index contributed by atoms with van der Waals surface area (Å²) in [7, 11) is 0. The molecule has 2 aromatic rings. The van der Waals surface area contributed by atoms with Gasteiger partial charge in [0.05, 0.1) is 12.3 Å². The van der Waals surface area contributed by atoms with Gasteiger partial charge in [-0.15, -0.1) is 0 Å². The molecule has 0 aromatic carbocycles. The van der Waals surface area contributed by atoms with E-state index in [0.717, 1.165) is 24.1 Å². The van der Waals surface area contributed by atoms with Crippen molar-refractivity contribution in [1.82, 2.24) is 14.8 Å². The molecule has 0 bridgehead atoms. The number of nitrogens with zero attached hydrogens (tertiary/aromatic N) is 3. The monoisotopic (exact) mass is 265 g/mol. The lowest BCUT2D eigenvalue weighted by molar-refractivity contribution is 0.280. The van der Waals surface area contributed by atoms with E-state index in [2.05, 4.69) is 17.0 Å². The smallest absolute Gasteiger partial charge is 0.155 e. The van der Waals surface area contributed by atoms with Gasteiger partial charge in [-0.1, -0.05) is 24.9 Å². The highest BCUT2D eigenvalue weighted by atomic mass is 35.5. The van der Waals surface area contributed by atoms with Crippen molar-refractivity contribution in [1.29, 1.82) is 0 Å². The van der Waals surface area contributed by atoms with Crippen LogP contribution in [0.3, 0.4) is 0 Å². The van der Waals surface area contributed by atoms with Crippen LogP contribution in [-0.4, -0.2) is 19.9 Å². The highest BCUT2D eigenvalue weighted by Gasteiger charge is 2.16. The number of hydrogen-bond donors (Lipinski definition) is 1. The van der Waals surface area contributed by atoms with Gasteiger partial charge < -0.3 is 5.11 Å². The fourth-order valence-corrected chi connectivity index (χ4v) is 2.15. The Morgan fingerprint density at radius 1 is 1.44 bits per heavy atom. The van der Waals surface area contributed by atoms with E-state index in [4.69, 9.17) is 11.6 Å². The first kappa shape index (κ1) is 13.1. The Morgan fingerprint density at radius 2 is 2.22 bits per heavy atom. The Bertz CT molecular complexity index is 551. The molecule has 0 aliphatic heterocycles. The number of pyridine rings is 1. The molecule has 0 radical (unpaired) electrons. The van der Waals surface area contributed by atoms with Gasteiger partial charge in [-0.2, -0.15) is 5.10 Å². The maximum atomic E-state index is 9.38. The molecule has 0 amide bonds. The van der Waals surface area contributed by atoms with E-state index in [1.807, 2.05) is 19.1 Å². The second-order valence-corrected chi connectivity index (χ2v) is 4.59. The molecule has 0 spiro atoms. The Morgan fingerprint density at radius 3 is 2.83 bits per heavy atom. The van der Waals surface area contributed by atoms with Crippen LogP contribution in [0.15, 0.2) is 18.3 Å². The summed E-state index contributed by atoms with van der Waals surface area (Å²) in [6, 6.07) is 3.83. The summed E-state index contributed by atoms with van der Waals surface area (Å²) in [6.45, 7) is 3.96. The first-order valence-electron chi connectivity index (χ1n) is 5.97. The number of aromatic nitrogens is 3. The largest absolute Gasteiger partial charge is 0.391 e. The third kappa shape index (κ3) is 2.40. The zero-order valence-electron chi connectivity index (χ0n) is 10.5. The molecule has 0 unspecified atom stereocenters. The number of aliphatic hydroxyl groups is 1. The van der Waals surface area contributed by atoms with Crippen molar-refractivity contribution in [3.05, 3.63) is 40.3 Å². The second-order valence-electron chi connectivity index (χ2n) is 4.23. The first-order chi connectivity index (χ1) is 8.67. The molecule has 18 heavy (non-hydrogen) atoms. The minimum Gasteiger partial charge on any atom is -0.391 e. The topological polar surface area (TPSA) is 50.9 Å². The third-order valence-electron chi connectivity index (χ3n) is 2.77. The zero-order valence-corrected chi connectivity index (χ0v) is 11.3. The summed E-state index contributed by atoms with van der Waals surface area (Å²) < 4.78 is 1.59. The summed E-state index contributed by atoms with van der Waals surface area (Å²) in [5, 5.41) is 14.3. The highest BCUT2D eigenvalue weighted by molar-refractivity contribution is 6.30. The Kier molecular flexibility index (Phi) is 3.99. The van der Waals surface area contributed by atoms with Gasteiger partial charge in [0.25, 0.3) is 0 Å². The normalized spacial score (nSPS) is 10.9. The van der Waals surface area contributed by atoms with Crippen LogP contribution < -0.4 is 0 Å². The lowest BCUT2D eigenvalue weighted by Gasteiger charge is -2.02. The van der Waals surface area contributed by atoms with E-state index >= 15 is 0 Å². The summed E-state index contributed by atoms with van der Waals surface area (Å²) in [6.07, 6.45) is 3.48. The third-order valence-corrected chi connectivity index (χ3v) is 3.16. The molecule has 2 rings (SSSR count). The van der Waals surface area contributed by atoms with Gasteiger partial charge in [-0.05, 0) is 31.0 Å². The maximum Gasteiger partial charge on any atom is 0.155 e. The quantitative estimate of drug-likeness (QED) is 0.925. The van der Waals surface area contributed by atoms with Crippen LogP contribution in [-0.2, 0) is 13.0 Å². The minimum atomic E-state index is -0.0972. The number of aliphatic hydroxyl groups excluding tert-OH is 1. The first-order valence-corrected chi connectivity index (χ1v) is 6.35. The van der Waals surface area contributed by atoms with Gasteiger partial charge in [-0.3, -0.25) is 0 Å². The summed E-state index contributed by atoms with van der Waals surface area (Å²) >= 11 is 6.25. The number of hydrogen-bond acceptors (Lipinski definition) is 3. The van der Waals surface area contributed by atoms with Crippen LogP contribution >= 0.6 is 11.6 Å². The maximum absolute atomic E-state index is 9.38. The molecular weight excluding hydrogens is 250 g/mol. The highest BCUT2D eigenvalue weighted by Crippen LogP contribution is 2.24. The second kappa shape index (κ2) is 5.50. The summed E-state index contributed by atoms with van der Waals surface area (Å²) in [5.74, 6) is 0.678. The number of halogens is 1. The fourth-order valence-electron chi connectivity index (χ4n) is 1.85. The van der Waals surface area contributed by atoms with Gasteiger partial charge in [0.1, 0.15) is 5.15 Å². The molecule has 0 saturated carbocycles. The number of rotatable bonds is 4. The molecule has 5 heteroatoms. The Labute approximate surface area is 111 Å². The van der Waals surface area contributed by atoms with Crippen molar-refractivity contribution in [3.8, 4) is 5.82 Å². The lowest BCUT2D eigenvalue weighted by Crippen LogP contribution is -2.00. The Balaban J connectivity index is 2.51. The van der Waals surface area contributed by atoms with Gasteiger partial charge in [0.15, 0.2) is 5.82 Å². The number of aryl methyl sites for hydroxylation is 2. The van der Waals surface area contributed by atoms with Crippen molar-refractivity contribution < 1.29 is 5.11 Å². The van der Waals surface area contributed by atoms with Gasteiger partial charge in [0.2, 0.25) is 0 Å². The van der Waals surface area contributed by atoms with E-state index in [9.17, 15) is 5.11 Å². The van der Waals surface area contributed by atoms with E-state index in [-0.39, 0.29) is 6.61 Å². The lowest BCUT2D eigenvalue weighted by atomic mass is 10.2. The van der Waals surface area contributed by atoms with Crippen molar-refractivity contribution in [2.75, 3.05) is 0 Å². The van der Waals surface area contributed by atoms with E-state index in [0.29, 0.717) is 16.5 Å². The van der Waals surface area contributed by atoms with Crippen LogP contribution in [0.5, 0.6) is 0 Å². The molecule has 2 heterocycles. The molecule has 4 nitrogen and oxygen atoms in total. The minimum absolute atomic E-state index is 0.0972. The van der Waals surface area contributed by atoms with E-state index in [1.165, 1.54) is 0 Å². The predicted molar refractivity (Wildman–Crippen MR) is 71.0 cm³/mol. The molecule has 0 fully saturated rings. The van der Waals surface area contributed by atoms with Gasteiger partial charge in [0, 0.05) is 11.8 Å². The van der Waals surface area contributed by atoms with Crippen LogP contribution in [0, 0.1) is 6.92 Å². The fraction of sp³-hybridized carbons (Fsp3) is 0.385. The van der Waals surface area contributed by atoms with Crippen LogP contribution in [0.4, 0.5) is 0 Å². The van der Waals surface area contributed by atoms with Crippen LogP contribution in [0.1, 0.15) is 30.2 Å². The van der Waals surface area contributed by atoms with Crippen molar-refractivity contribution in [3.63, 3.8) is 0 Å². The van der Waals surface area contributed by atoms with E-state index in [1.54, 1.807) is 10.9 Å². The zero-order chi connectivity index (χ0) is 13.1. The molecule has 96 valence electrons. The Hall–Kier alpha value is -1.39. The van der Waals surface area contributed by atoms with E-state index < -0.39 is 0 Å². The molecule has 1 N–H and O–H groups in total. The molecule has 0 saturated heterocycles. The molecule has 2 aromatic heterocycles. The SMILES string of the molecule is CCCc1nn(-c2cc(C)ccn2)c(Cl)c1CO. The molecular formula is C13H16ClN3O. The predicted octanol–water partition coefficient (Wildman–Crippen LogP) is 2.67. The van der Waals surface area contributed by atoms with Crippen molar-refractivity contribution in [2.45, 2.75) is 33.3 Å². The molecule has 0 aliphatic rings.